The Labute approximate surface area is 210 Å². The highest BCUT2D eigenvalue weighted by atomic mass is 35.5. The van der Waals surface area contributed by atoms with Crippen LogP contribution in [0.3, 0.4) is 0 Å². The number of pyridine rings is 1. The van der Waals surface area contributed by atoms with Gasteiger partial charge in [-0.1, -0.05) is 11.6 Å². The third-order valence-electron chi connectivity index (χ3n) is 6.08. The lowest BCUT2D eigenvalue weighted by Gasteiger charge is -2.38. The minimum absolute atomic E-state index is 0.0393. The van der Waals surface area contributed by atoms with Crippen molar-refractivity contribution >= 4 is 34.9 Å². The number of ether oxygens (including phenoxy) is 1. The monoisotopic (exact) mass is 510 g/mol. The van der Waals surface area contributed by atoms with Crippen molar-refractivity contribution in [2.75, 3.05) is 31.1 Å². The van der Waals surface area contributed by atoms with Crippen LogP contribution in [0.5, 0.6) is 11.7 Å². The zero-order valence-corrected chi connectivity index (χ0v) is 19.8. The summed E-state index contributed by atoms with van der Waals surface area (Å²) in [6.07, 6.45) is 5.91. The molecule has 2 aliphatic heterocycles. The molecule has 2 fully saturated rings. The van der Waals surface area contributed by atoms with Gasteiger partial charge in [0.25, 0.3) is 11.9 Å². The van der Waals surface area contributed by atoms with E-state index in [0.717, 1.165) is 0 Å². The first kappa shape index (κ1) is 23.4. The van der Waals surface area contributed by atoms with E-state index in [1.807, 2.05) is 0 Å². The molecule has 0 radical (unpaired) electrons. The molecule has 6 N–H and O–H groups in total. The van der Waals surface area contributed by atoms with Gasteiger partial charge in [0.1, 0.15) is 11.6 Å². The van der Waals surface area contributed by atoms with E-state index < -0.39 is 5.78 Å². The summed E-state index contributed by atoms with van der Waals surface area (Å²) in [5.74, 6) is 0.677. The van der Waals surface area contributed by atoms with Crippen LogP contribution in [-0.2, 0) is 0 Å². The Morgan fingerprint density at radius 1 is 1.17 bits per heavy atom. The van der Waals surface area contributed by atoms with Gasteiger partial charge in [-0.25, -0.2) is 9.97 Å². The fourth-order valence-corrected chi connectivity index (χ4v) is 4.28. The summed E-state index contributed by atoms with van der Waals surface area (Å²) in [5.41, 5.74) is 11.0. The highest BCUT2D eigenvalue weighted by Crippen LogP contribution is 2.29. The summed E-state index contributed by atoms with van der Waals surface area (Å²) >= 11 is 5.88. The number of carbonyl (C=O) groups is 2. The Morgan fingerprint density at radius 2 is 1.97 bits per heavy atom. The van der Waals surface area contributed by atoms with Gasteiger partial charge < -0.3 is 36.2 Å². The molecule has 5 heterocycles. The normalized spacial score (nSPS) is 17.6. The molecule has 13 heteroatoms. The Morgan fingerprint density at radius 3 is 2.72 bits per heavy atom. The zero-order valence-electron chi connectivity index (χ0n) is 19.0. The van der Waals surface area contributed by atoms with Gasteiger partial charge in [0.05, 0.1) is 11.7 Å². The molecule has 0 aliphatic carbocycles. The number of likely N-dealkylation sites (tertiary alicyclic amines) is 1. The summed E-state index contributed by atoms with van der Waals surface area (Å²) in [5, 5.41) is 6.50. The van der Waals surface area contributed by atoms with Crippen molar-refractivity contribution in [3.8, 4) is 11.7 Å². The molecule has 1 spiro atoms. The van der Waals surface area contributed by atoms with Gasteiger partial charge in [0, 0.05) is 38.0 Å². The summed E-state index contributed by atoms with van der Waals surface area (Å²) in [4.78, 5) is 39.1. The van der Waals surface area contributed by atoms with Gasteiger partial charge in [-0.2, -0.15) is 0 Å². The number of nitrogens with two attached hydrogens (primary N) is 2. The molecule has 1 amide bonds. The Balaban J connectivity index is 1.18. The van der Waals surface area contributed by atoms with Crippen LogP contribution >= 0.6 is 11.6 Å². The average Bonchev–Trinajstić information content (AvgIpc) is 3.49. The number of amides is 1. The predicted molar refractivity (Wildman–Crippen MR) is 130 cm³/mol. The molecular weight excluding hydrogens is 488 g/mol. The van der Waals surface area contributed by atoms with E-state index in [4.69, 9.17) is 32.2 Å². The topological polar surface area (TPSA) is 175 Å². The molecule has 5 rings (SSSR count). The number of furan rings is 1. The van der Waals surface area contributed by atoms with Crippen molar-refractivity contribution in [1.82, 2.24) is 30.5 Å². The summed E-state index contributed by atoms with van der Waals surface area (Å²) in [6, 6.07) is 6.69. The van der Waals surface area contributed by atoms with Gasteiger partial charge >= 0.3 is 0 Å². The number of allylic oxidation sites excluding steroid dienone is 1. The van der Waals surface area contributed by atoms with Crippen LogP contribution in [0.1, 0.15) is 33.9 Å². The number of aromatic nitrogens is 3. The minimum atomic E-state index is -0.455. The van der Waals surface area contributed by atoms with Gasteiger partial charge in [-0.3, -0.25) is 14.6 Å². The van der Waals surface area contributed by atoms with E-state index in [1.165, 1.54) is 6.08 Å². The third-order valence-corrected chi connectivity index (χ3v) is 6.36. The number of nitrogens with one attached hydrogen (secondary N) is 2. The van der Waals surface area contributed by atoms with E-state index in [2.05, 4.69) is 25.6 Å². The maximum absolute atomic E-state index is 12.9. The van der Waals surface area contributed by atoms with Gasteiger partial charge in [0.2, 0.25) is 5.78 Å². The maximum atomic E-state index is 12.9. The SMILES string of the molecule is Nc1nc(N)c(C(=O)/C=C2\NCC3(CCN(C(=O)c4ccc(Oc5cccnc5)o4)CC3)N2)nc1Cl. The maximum Gasteiger partial charge on any atom is 0.290 e. The molecule has 36 heavy (non-hydrogen) atoms. The van der Waals surface area contributed by atoms with Crippen LogP contribution < -0.4 is 26.8 Å². The molecule has 12 nitrogen and oxygen atoms in total. The summed E-state index contributed by atoms with van der Waals surface area (Å²) in [7, 11) is 0. The second kappa shape index (κ2) is 9.38. The van der Waals surface area contributed by atoms with E-state index in [-0.39, 0.29) is 45.6 Å². The molecule has 0 saturated carbocycles. The second-order valence-corrected chi connectivity index (χ2v) is 8.87. The molecule has 3 aromatic rings. The number of rotatable bonds is 5. The number of ketones is 1. The smallest absolute Gasteiger partial charge is 0.290 e. The standard InChI is InChI=1S/C23H23ClN8O4/c24-19-21(26)30-20(25)18(29-19)14(33)10-16-28-12-23(31-16)5-8-32(9-6-23)22(34)15-3-4-17(36-15)35-13-2-1-7-27-11-13/h1-4,7,10-11,28,31H,5-6,8-9,12H2,(H4,25,26,30)/b16-10+. The second-order valence-electron chi connectivity index (χ2n) is 8.52. The lowest BCUT2D eigenvalue weighted by atomic mass is 9.88. The van der Waals surface area contributed by atoms with Crippen molar-refractivity contribution in [1.29, 1.82) is 0 Å². The van der Waals surface area contributed by atoms with Crippen molar-refractivity contribution in [2.24, 2.45) is 0 Å². The molecule has 0 aromatic carbocycles. The molecule has 0 unspecified atom stereocenters. The number of nitrogens with zero attached hydrogens (tertiary/aromatic N) is 4. The van der Waals surface area contributed by atoms with Gasteiger partial charge in [0.15, 0.2) is 28.2 Å². The van der Waals surface area contributed by atoms with Gasteiger partial charge in [-0.05, 0) is 31.0 Å². The third kappa shape index (κ3) is 4.75. The van der Waals surface area contributed by atoms with Gasteiger partial charge in [-0.15, -0.1) is 0 Å². The minimum Gasteiger partial charge on any atom is -0.424 e. The Kier molecular flexibility index (Phi) is 6.10. The molecule has 0 atom stereocenters. The van der Waals surface area contributed by atoms with E-state index in [0.29, 0.717) is 44.0 Å². The van der Waals surface area contributed by atoms with Crippen molar-refractivity contribution in [3.63, 3.8) is 0 Å². The van der Waals surface area contributed by atoms with E-state index >= 15 is 0 Å². The lowest BCUT2D eigenvalue weighted by molar-refractivity contribution is 0.0630. The quantitative estimate of drug-likeness (QED) is 0.291. The number of piperidine rings is 1. The van der Waals surface area contributed by atoms with Crippen LogP contribution in [0.25, 0.3) is 0 Å². The summed E-state index contributed by atoms with van der Waals surface area (Å²) < 4.78 is 11.2. The number of nitrogen functional groups attached to an aromatic ring is 2. The molecule has 2 saturated heterocycles. The van der Waals surface area contributed by atoms with E-state index in [9.17, 15) is 9.59 Å². The summed E-state index contributed by atoms with van der Waals surface area (Å²) in [6.45, 7) is 1.63. The molecule has 0 bridgehead atoms. The molecule has 3 aromatic heterocycles. The fourth-order valence-electron chi connectivity index (χ4n) is 4.16. The number of anilines is 2. The zero-order chi connectivity index (χ0) is 25.3. The van der Waals surface area contributed by atoms with Crippen LogP contribution in [0.2, 0.25) is 5.15 Å². The fraction of sp³-hybridized carbons (Fsp3) is 0.261. The van der Waals surface area contributed by atoms with Crippen LogP contribution in [-0.4, -0.2) is 56.7 Å². The largest absolute Gasteiger partial charge is 0.424 e. The molecular formula is C23H23ClN8O4. The van der Waals surface area contributed by atoms with Crippen molar-refractivity contribution < 1.29 is 18.7 Å². The van der Waals surface area contributed by atoms with Crippen molar-refractivity contribution in [2.45, 2.75) is 18.4 Å². The Hall–Kier alpha value is -4.32. The molecule has 186 valence electrons. The van der Waals surface area contributed by atoms with Crippen LogP contribution in [0.4, 0.5) is 11.6 Å². The van der Waals surface area contributed by atoms with Crippen molar-refractivity contribution in [3.05, 3.63) is 65.2 Å². The highest BCUT2D eigenvalue weighted by Gasteiger charge is 2.40. The first-order chi connectivity index (χ1) is 17.3. The number of hydrogen-bond donors (Lipinski definition) is 4. The Bertz CT molecular complexity index is 1340. The molecule has 2 aliphatic rings. The number of carbonyl (C=O) groups excluding carboxylic acids is 2. The van der Waals surface area contributed by atoms with Crippen LogP contribution in [0.15, 0.2) is 53.0 Å². The van der Waals surface area contributed by atoms with E-state index in [1.54, 1.807) is 41.6 Å². The average molecular weight is 511 g/mol. The lowest BCUT2D eigenvalue weighted by Crippen LogP contribution is -2.53. The first-order valence-corrected chi connectivity index (χ1v) is 11.5. The number of hydrogen-bond acceptors (Lipinski definition) is 11. The predicted octanol–water partition coefficient (Wildman–Crippen LogP) is 1.97. The first-order valence-electron chi connectivity index (χ1n) is 11.2. The van der Waals surface area contributed by atoms with Crippen LogP contribution in [0, 0.1) is 0 Å². The highest BCUT2D eigenvalue weighted by molar-refractivity contribution is 6.31. The number of halogens is 1.